The van der Waals surface area contributed by atoms with Gasteiger partial charge in [-0.25, -0.2) is 9.18 Å². The van der Waals surface area contributed by atoms with Crippen molar-refractivity contribution in [3.63, 3.8) is 0 Å². The van der Waals surface area contributed by atoms with Crippen molar-refractivity contribution in [1.29, 1.82) is 0 Å². The van der Waals surface area contributed by atoms with Gasteiger partial charge in [-0.3, -0.25) is 4.39 Å². The van der Waals surface area contributed by atoms with Crippen molar-refractivity contribution < 1.29 is 13.5 Å². The number of aryl methyl sites for hydroxylation is 1. The molecule has 22 heavy (non-hydrogen) atoms. The van der Waals surface area contributed by atoms with Crippen LogP contribution in [0.15, 0.2) is 16.9 Å². The van der Waals surface area contributed by atoms with E-state index in [1.807, 2.05) is 0 Å². The lowest BCUT2D eigenvalue weighted by atomic mass is 10.3. The molecule has 2 aromatic rings. The third-order valence-electron chi connectivity index (χ3n) is 2.74. The fourth-order valence-electron chi connectivity index (χ4n) is 1.80. The Morgan fingerprint density at radius 3 is 2.73 bits per heavy atom. The van der Waals surface area contributed by atoms with E-state index in [1.165, 1.54) is 6.07 Å². The molecule has 6 nitrogen and oxygen atoms in total. The smallest absolute Gasteiger partial charge is 0.368 e. The van der Waals surface area contributed by atoms with E-state index in [4.69, 9.17) is 16.3 Å². The predicted octanol–water partition coefficient (Wildman–Crippen LogP) is 2.37. The fourth-order valence-corrected chi connectivity index (χ4v) is 2.00. The van der Waals surface area contributed by atoms with Crippen molar-refractivity contribution in [1.82, 2.24) is 19.8 Å². The summed E-state index contributed by atoms with van der Waals surface area (Å²) < 4.78 is 33.4. The highest BCUT2D eigenvalue weighted by molar-refractivity contribution is 6.32. The van der Waals surface area contributed by atoms with Crippen molar-refractivity contribution >= 4 is 11.6 Å². The Labute approximate surface area is 130 Å². The molecule has 0 atom stereocenters. The van der Waals surface area contributed by atoms with Crippen LogP contribution in [0, 0.1) is 5.82 Å². The summed E-state index contributed by atoms with van der Waals surface area (Å²) >= 11 is 5.91. The molecule has 0 saturated heterocycles. The summed E-state index contributed by atoms with van der Waals surface area (Å²) in [5.74, 6) is -0.501. The summed E-state index contributed by atoms with van der Waals surface area (Å²) in [5.41, 5.74) is -0.790. The van der Waals surface area contributed by atoms with E-state index in [1.54, 1.807) is 13.8 Å². The van der Waals surface area contributed by atoms with Gasteiger partial charge in [-0.2, -0.15) is 9.36 Å². The average molecular weight is 333 g/mol. The molecule has 0 aliphatic heterocycles. The quantitative estimate of drug-likeness (QED) is 0.814. The van der Waals surface area contributed by atoms with Gasteiger partial charge in [0.25, 0.3) is 0 Å². The lowest BCUT2D eigenvalue weighted by Crippen LogP contribution is -2.25. The lowest BCUT2D eigenvalue weighted by molar-refractivity contribution is 0.242. The van der Waals surface area contributed by atoms with Crippen LogP contribution >= 0.6 is 11.6 Å². The molecular weight excluding hydrogens is 318 g/mol. The lowest BCUT2D eigenvalue weighted by Gasteiger charge is -2.12. The standard InChI is InChI=1S/C13H15ClF2N4O2/c1-8(2)22-12-7-11(10(16)6-9(12)14)20-13(21)19(17-18-20)5-3-4-15/h6-8H,3-5H2,1-2H3. The van der Waals surface area contributed by atoms with Gasteiger partial charge in [0, 0.05) is 6.07 Å². The highest BCUT2D eigenvalue weighted by Crippen LogP contribution is 2.29. The first-order valence-electron chi connectivity index (χ1n) is 6.69. The van der Waals surface area contributed by atoms with Gasteiger partial charge in [-0.05, 0) is 36.8 Å². The van der Waals surface area contributed by atoms with Crippen molar-refractivity contribution in [2.45, 2.75) is 32.9 Å². The van der Waals surface area contributed by atoms with Crippen LogP contribution in [0.2, 0.25) is 5.02 Å². The summed E-state index contributed by atoms with van der Waals surface area (Å²) in [6, 6.07) is 2.33. The van der Waals surface area contributed by atoms with Gasteiger partial charge in [0.1, 0.15) is 11.4 Å². The van der Waals surface area contributed by atoms with Crippen LogP contribution in [0.5, 0.6) is 5.75 Å². The maximum Gasteiger partial charge on any atom is 0.368 e. The number of tetrazole rings is 1. The predicted molar refractivity (Wildman–Crippen MR) is 76.9 cm³/mol. The van der Waals surface area contributed by atoms with Crippen LogP contribution in [0.3, 0.4) is 0 Å². The molecule has 0 fully saturated rings. The molecule has 0 aliphatic rings. The molecular formula is C13H15ClF2N4O2. The number of alkyl halides is 1. The van der Waals surface area contributed by atoms with Gasteiger partial charge in [-0.15, -0.1) is 0 Å². The van der Waals surface area contributed by atoms with Crippen LogP contribution < -0.4 is 10.4 Å². The van der Waals surface area contributed by atoms with Gasteiger partial charge in [-0.1, -0.05) is 11.6 Å². The van der Waals surface area contributed by atoms with Crippen molar-refractivity contribution in [3.05, 3.63) is 33.5 Å². The minimum Gasteiger partial charge on any atom is -0.489 e. The molecule has 1 heterocycles. The fraction of sp³-hybridized carbons (Fsp3) is 0.462. The van der Waals surface area contributed by atoms with E-state index >= 15 is 0 Å². The molecule has 0 amide bonds. The van der Waals surface area contributed by atoms with E-state index in [0.29, 0.717) is 0 Å². The summed E-state index contributed by atoms with van der Waals surface area (Å²) in [5, 5.41) is 7.29. The van der Waals surface area contributed by atoms with Gasteiger partial charge in [0.05, 0.1) is 24.3 Å². The summed E-state index contributed by atoms with van der Waals surface area (Å²) in [4.78, 5) is 12.1. The van der Waals surface area contributed by atoms with Gasteiger partial charge < -0.3 is 4.74 Å². The van der Waals surface area contributed by atoms with Crippen molar-refractivity contribution in [3.8, 4) is 11.4 Å². The molecule has 1 aromatic heterocycles. The monoisotopic (exact) mass is 332 g/mol. The number of nitrogens with zero attached hydrogens (tertiary/aromatic N) is 4. The normalized spacial score (nSPS) is 11.2. The Bertz CT molecular complexity index is 715. The first-order valence-corrected chi connectivity index (χ1v) is 7.06. The molecule has 0 radical (unpaired) electrons. The molecule has 0 spiro atoms. The number of rotatable bonds is 6. The van der Waals surface area contributed by atoms with Gasteiger partial charge >= 0.3 is 5.69 Å². The highest BCUT2D eigenvalue weighted by Gasteiger charge is 2.17. The molecule has 2 rings (SSSR count). The van der Waals surface area contributed by atoms with E-state index in [2.05, 4.69) is 10.4 Å². The Kier molecular flexibility index (Phi) is 5.12. The highest BCUT2D eigenvalue weighted by atomic mass is 35.5. The molecule has 1 aromatic carbocycles. The minimum atomic E-state index is -0.735. The zero-order valence-electron chi connectivity index (χ0n) is 12.1. The number of aromatic nitrogens is 4. The first-order chi connectivity index (χ1) is 10.4. The second-order valence-corrected chi connectivity index (χ2v) is 5.25. The van der Waals surface area contributed by atoms with Crippen molar-refractivity contribution in [2.24, 2.45) is 0 Å². The third kappa shape index (κ3) is 3.44. The van der Waals surface area contributed by atoms with E-state index < -0.39 is 18.2 Å². The van der Waals surface area contributed by atoms with E-state index in [-0.39, 0.29) is 35.5 Å². The first kappa shape index (κ1) is 16.4. The Balaban J connectivity index is 2.44. The maximum atomic E-state index is 14.1. The zero-order valence-corrected chi connectivity index (χ0v) is 12.8. The van der Waals surface area contributed by atoms with Crippen LogP contribution in [0.4, 0.5) is 8.78 Å². The van der Waals surface area contributed by atoms with Crippen LogP contribution in [0.25, 0.3) is 5.69 Å². The molecule has 0 aliphatic carbocycles. The van der Waals surface area contributed by atoms with Crippen LogP contribution in [-0.4, -0.2) is 32.6 Å². The Hall–Kier alpha value is -1.96. The number of ether oxygens (including phenoxy) is 1. The van der Waals surface area contributed by atoms with E-state index in [9.17, 15) is 13.6 Å². The minimum absolute atomic E-state index is 0.0693. The average Bonchev–Trinajstić information content (AvgIpc) is 2.80. The second kappa shape index (κ2) is 6.87. The third-order valence-corrected chi connectivity index (χ3v) is 3.03. The summed E-state index contributed by atoms with van der Waals surface area (Å²) in [6.45, 7) is 3.07. The molecule has 9 heteroatoms. The Morgan fingerprint density at radius 1 is 1.36 bits per heavy atom. The number of halogens is 3. The molecule has 0 N–H and O–H groups in total. The largest absolute Gasteiger partial charge is 0.489 e. The zero-order chi connectivity index (χ0) is 16.3. The molecule has 0 unspecified atom stereocenters. The van der Waals surface area contributed by atoms with E-state index in [0.717, 1.165) is 15.4 Å². The second-order valence-electron chi connectivity index (χ2n) is 4.84. The molecule has 0 bridgehead atoms. The van der Waals surface area contributed by atoms with Crippen LogP contribution in [0.1, 0.15) is 20.3 Å². The van der Waals surface area contributed by atoms with Gasteiger partial charge in [0.2, 0.25) is 0 Å². The SMILES string of the molecule is CC(C)Oc1cc(-n2nnn(CCCF)c2=O)c(F)cc1Cl. The molecule has 120 valence electrons. The van der Waals surface area contributed by atoms with Crippen LogP contribution in [-0.2, 0) is 6.54 Å². The number of benzene rings is 1. The topological polar surface area (TPSA) is 61.9 Å². The molecule has 0 saturated carbocycles. The Morgan fingerprint density at radius 2 is 2.09 bits per heavy atom. The maximum absolute atomic E-state index is 14.1. The van der Waals surface area contributed by atoms with Crippen molar-refractivity contribution in [2.75, 3.05) is 6.67 Å². The summed E-state index contributed by atoms with van der Waals surface area (Å²) in [6.07, 6.45) is -0.0450. The summed E-state index contributed by atoms with van der Waals surface area (Å²) in [7, 11) is 0. The van der Waals surface area contributed by atoms with Gasteiger partial charge in [0.15, 0.2) is 5.82 Å². The number of hydrogen-bond donors (Lipinski definition) is 0. The number of hydrogen-bond acceptors (Lipinski definition) is 4.